The molecule has 21 heavy (non-hydrogen) atoms. The molecule has 0 aromatic heterocycles. The van der Waals surface area contributed by atoms with Gasteiger partial charge in [0.2, 0.25) is 0 Å². The monoisotopic (exact) mass is 284 g/mol. The Morgan fingerprint density at radius 2 is 1.81 bits per heavy atom. The number of phenolic OH excluding ortho intramolecular Hbond substituents is 1. The molecule has 0 aliphatic heterocycles. The molecule has 0 heterocycles. The van der Waals surface area contributed by atoms with E-state index < -0.39 is 0 Å². The average Bonchev–Trinajstić information content (AvgIpc) is 2.52. The molecule has 0 radical (unpaired) electrons. The third kappa shape index (κ3) is 3.63. The molecular formula is C17H16O4. The number of methoxy groups -OCH3 is 2. The molecule has 2 aromatic carbocycles. The van der Waals surface area contributed by atoms with Gasteiger partial charge in [0.05, 0.1) is 14.2 Å². The van der Waals surface area contributed by atoms with Gasteiger partial charge in [0, 0.05) is 5.56 Å². The highest BCUT2D eigenvalue weighted by atomic mass is 16.5. The summed E-state index contributed by atoms with van der Waals surface area (Å²) in [4.78, 5) is 12.0. The van der Waals surface area contributed by atoms with Crippen molar-refractivity contribution in [3.05, 3.63) is 59.7 Å². The van der Waals surface area contributed by atoms with E-state index in [0.29, 0.717) is 17.1 Å². The highest BCUT2D eigenvalue weighted by Crippen LogP contribution is 2.28. The first kappa shape index (κ1) is 14.7. The van der Waals surface area contributed by atoms with Crippen molar-refractivity contribution in [3.63, 3.8) is 0 Å². The van der Waals surface area contributed by atoms with E-state index in [1.165, 1.54) is 18.2 Å². The fourth-order valence-electron chi connectivity index (χ4n) is 1.88. The van der Waals surface area contributed by atoms with E-state index in [4.69, 9.17) is 9.47 Å². The number of allylic oxidation sites excluding steroid dienone is 1. The number of carbonyl (C=O) groups is 1. The zero-order valence-corrected chi connectivity index (χ0v) is 11.9. The predicted octanol–water partition coefficient (Wildman–Crippen LogP) is 3.31. The number of rotatable bonds is 5. The fourth-order valence-corrected chi connectivity index (χ4v) is 1.88. The number of benzene rings is 2. The average molecular weight is 284 g/mol. The van der Waals surface area contributed by atoms with E-state index in [1.807, 2.05) is 6.07 Å². The molecule has 0 bridgehead atoms. The van der Waals surface area contributed by atoms with E-state index in [1.54, 1.807) is 44.6 Å². The van der Waals surface area contributed by atoms with Gasteiger partial charge in [0.1, 0.15) is 5.75 Å². The van der Waals surface area contributed by atoms with Crippen molar-refractivity contribution in [2.45, 2.75) is 0 Å². The Morgan fingerprint density at radius 1 is 1.05 bits per heavy atom. The first-order valence-corrected chi connectivity index (χ1v) is 6.37. The fraction of sp³-hybridized carbons (Fsp3) is 0.118. The van der Waals surface area contributed by atoms with E-state index in [2.05, 4.69) is 0 Å². The van der Waals surface area contributed by atoms with Crippen LogP contribution in [-0.4, -0.2) is 25.1 Å². The van der Waals surface area contributed by atoms with Gasteiger partial charge in [0.25, 0.3) is 0 Å². The summed E-state index contributed by atoms with van der Waals surface area (Å²) >= 11 is 0. The molecule has 108 valence electrons. The topological polar surface area (TPSA) is 55.8 Å². The molecule has 4 heteroatoms. The van der Waals surface area contributed by atoms with E-state index >= 15 is 0 Å². The van der Waals surface area contributed by atoms with Crippen LogP contribution in [0, 0.1) is 0 Å². The molecule has 0 amide bonds. The summed E-state index contributed by atoms with van der Waals surface area (Å²) in [7, 11) is 3.13. The molecule has 0 atom stereocenters. The van der Waals surface area contributed by atoms with Crippen molar-refractivity contribution in [3.8, 4) is 17.2 Å². The Kier molecular flexibility index (Phi) is 4.61. The molecule has 2 rings (SSSR count). The standard InChI is InChI=1S/C17H16O4/c1-20-16-9-7-12(10-17(16)21-2)6-8-15(19)13-4-3-5-14(18)11-13/h3-11,18H,1-2H3. The number of hydrogen-bond donors (Lipinski definition) is 1. The zero-order valence-electron chi connectivity index (χ0n) is 11.9. The molecule has 0 fully saturated rings. The van der Waals surface area contributed by atoms with Crippen molar-refractivity contribution in [2.75, 3.05) is 14.2 Å². The molecule has 0 spiro atoms. The number of ketones is 1. The van der Waals surface area contributed by atoms with Crippen LogP contribution in [0.1, 0.15) is 15.9 Å². The lowest BCUT2D eigenvalue weighted by atomic mass is 10.1. The normalized spacial score (nSPS) is 10.6. The van der Waals surface area contributed by atoms with E-state index in [9.17, 15) is 9.90 Å². The number of aromatic hydroxyl groups is 1. The van der Waals surface area contributed by atoms with Crippen LogP contribution in [-0.2, 0) is 0 Å². The van der Waals surface area contributed by atoms with Gasteiger partial charge in [-0.2, -0.15) is 0 Å². The Morgan fingerprint density at radius 3 is 2.48 bits per heavy atom. The number of carbonyl (C=O) groups excluding carboxylic acids is 1. The highest BCUT2D eigenvalue weighted by molar-refractivity contribution is 6.07. The second-order valence-electron chi connectivity index (χ2n) is 4.36. The van der Waals surface area contributed by atoms with Crippen molar-refractivity contribution in [1.82, 2.24) is 0 Å². The molecule has 0 aliphatic carbocycles. The molecular weight excluding hydrogens is 268 g/mol. The van der Waals surface area contributed by atoms with Gasteiger partial charge in [0.15, 0.2) is 17.3 Å². The van der Waals surface area contributed by atoms with Crippen LogP contribution in [0.25, 0.3) is 6.08 Å². The Balaban J connectivity index is 2.19. The molecule has 2 aromatic rings. The summed E-state index contributed by atoms with van der Waals surface area (Å²) in [5, 5.41) is 9.37. The first-order chi connectivity index (χ1) is 10.1. The third-order valence-electron chi connectivity index (χ3n) is 2.97. The van der Waals surface area contributed by atoms with Gasteiger partial charge in [-0.1, -0.05) is 24.3 Å². The maximum atomic E-state index is 12.0. The largest absolute Gasteiger partial charge is 0.508 e. The zero-order chi connectivity index (χ0) is 15.2. The summed E-state index contributed by atoms with van der Waals surface area (Å²) < 4.78 is 10.4. The molecule has 0 unspecified atom stereocenters. The van der Waals surface area contributed by atoms with Gasteiger partial charge in [-0.05, 0) is 35.9 Å². The predicted molar refractivity (Wildman–Crippen MR) is 81.0 cm³/mol. The lowest BCUT2D eigenvalue weighted by molar-refractivity contribution is 0.104. The summed E-state index contributed by atoms with van der Waals surface area (Å²) in [6.07, 6.45) is 3.14. The van der Waals surface area contributed by atoms with Crippen molar-refractivity contribution < 1.29 is 19.4 Å². The SMILES string of the molecule is COc1ccc(C=CC(=O)c2cccc(O)c2)cc1OC. The van der Waals surface area contributed by atoms with E-state index in [0.717, 1.165) is 5.56 Å². The van der Waals surface area contributed by atoms with Gasteiger partial charge >= 0.3 is 0 Å². The van der Waals surface area contributed by atoms with Crippen molar-refractivity contribution >= 4 is 11.9 Å². The summed E-state index contributed by atoms with van der Waals surface area (Å²) in [6, 6.07) is 11.6. The Bertz CT molecular complexity index is 674. The minimum atomic E-state index is -0.180. The molecule has 0 saturated heterocycles. The number of hydrogen-bond acceptors (Lipinski definition) is 4. The van der Waals surface area contributed by atoms with Crippen LogP contribution in [0.3, 0.4) is 0 Å². The highest BCUT2D eigenvalue weighted by Gasteiger charge is 2.05. The molecule has 4 nitrogen and oxygen atoms in total. The molecule has 0 aliphatic rings. The quantitative estimate of drug-likeness (QED) is 0.676. The summed E-state index contributed by atoms with van der Waals surface area (Å²) in [5.41, 5.74) is 1.26. The van der Waals surface area contributed by atoms with Crippen LogP contribution >= 0.6 is 0 Å². The lowest BCUT2D eigenvalue weighted by Gasteiger charge is -2.07. The first-order valence-electron chi connectivity index (χ1n) is 6.37. The maximum absolute atomic E-state index is 12.0. The van der Waals surface area contributed by atoms with E-state index in [-0.39, 0.29) is 11.5 Å². The maximum Gasteiger partial charge on any atom is 0.185 e. The van der Waals surface area contributed by atoms with Crippen LogP contribution in [0.2, 0.25) is 0 Å². The summed E-state index contributed by atoms with van der Waals surface area (Å²) in [5.74, 6) is 1.12. The van der Waals surface area contributed by atoms with Crippen molar-refractivity contribution in [1.29, 1.82) is 0 Å². The molecule has 1 N–H and O–H groups in total. The second kappa shape index (κ2) is 6.61. The van der Waals surface area contributed by atoms with Gasteiger partial charge in [-0.25, -0.2) is 0 Å². The van der Waals surface area contributed by atoms with Gasteiger partial charge in [-0.15, -0.1) is 0 Å². The van der Waals surface area contributed by atoms with Crippen LogP contribution in [0.4, 0.5) is 0 Å². The van der Waals surface area contributed by atoms with Gasteiger partial charge in [-0.3, -0.25) is 4.79 Å². The smallest absolute Gasteiger partial charge is 0.185 e. The van der Waals surface area contributed by atoms with Crippen molar-refractivity contribution in [2.24, 2.45) is 0 Å². The minimum Gasteiger partial charge on any atom is -0.508 e. The second-order valence-corrected chi connectivity index (χ2v) is 4.36. The van der Waals surface area contributed by atoms with Gasteiger partial charge < -0.3 is 14.6 Å². The van der Waals surface area contributed by atoms with Crippen LogP contribution < -0.4 is 9.47 Å². The number of phenols is 1. The lowest BCUT2D eigenvalue weighted by Crippen LogP contribution is -1.93. The molecule has 0 saturated carbocycles. The Hall–Kier alpha value is -2.75. The number of ether oxygens (including phenoxy) is 2. The minimum absolute atomic E-state index is 0.0698. The summed E-state index contributed by atoms with van der Waals surface area (Å²) in [6.45, 7) is 0. The third-order valence-corrected chi connectivity index (χ3v) is 2.97. The van der Waals surface area contributed by atoms with Crippen LogP contribution in [0.15, 0.2) is 48.5 Å². The Labute approximate surface area is 123 Å². The van der Waals surface area contributed by atoms with Crippen LogP contribution in [0.5, 0.6) is 17.2 Å².